The summed E-state index contributed by atoms with van der Waals surface area (Å²) in [6.07, 6.45) is 10.2. The normalized spacial score (nSPS) is 22.6. The maximum atomic E-state index is 12.8. The smallest absolute Gasteiger partial charge is 0.410 e. The molecule has 0 aliphatic carbocycles. The van der Waals surface area contributed by atoms with Crippen LogP contribution in [-0.2, 0) is 9.47 Å². The third-order valence-corrected chi connectivity index (χ3v) is 13.8. The molecule has 8 atom stereocenters. The van der Waals surface area contributed by atoms with Gasteiger partial charge in [-0.25, -0.2) is 29.5 Å². The SMILES string of the molecule is C[C@@H]1CN[C@H](c2ncc(C#Cc3ccc(C#Cc4cnc([C@@H]5C[C@H](C)CN5)[nH]4)cc3)[nH]2)C1.C[C@H]1C[C@@H](c2ncc(C#Cc3ccc(C#Cc4cnc([C@@H]5C[C@H](C)CN5C(=O)OC(C)(C)C)[nH]4)cc3)[nH]2)N(C(=O)OC(C)(C)C)C1. The summed E-state index contributed by atoms with van der Waals surface area (Å²) in [6, 6.07) is 16.0. The molecule has 78 heavy (non-hydrogen) atoms. The lowest BCUT2D eigenvalue weighted by Crippen LogP contribution is -2.37. The molecule has 16 nitrogen and oxygen atoms in total. The molecule has 2 aromatic carbocycles. The maximum Gasteiger partial charge on any atom is 0.410 e. The average Bonchev–Trinajstić information content (AvgIpc) is 4.26. The number of nitrogens with zero attached hydrogens (tertiary/aromatic N) is 6. The Bertz CT molecular complexity index is 3100. The lowest BCUT2D eigenvalue weighted by atomic mass is 10.1. The Kier molecular flexibility index (Phi) is 16.6. The largest absolute Gasteiger partial charge is 0.444 e. The Morgan fingerprint density at radius 3 is 1.03 bits per heavy atom. The summed E-state index contributed by atoms with van der Waals surface area (Å²) in [7, 11) is 0. The molecule has 6 N–H and O–H groups in total. The molecule has 6 aromatic rings. The fraction of sp³-hybridized carbons (Fsp3) is 0.452. The van der Waals surface area contributed by atoms with Gasteiger partial charge in [0.15, 0.2) is 0 Å². The van der Waals surface area contributed by atoms with Gasteiger partial charge >= 0.3 is 12.2 Å². The number of benzene rings is 2. The second-order valence-corrected chi connectivity index (χ2v) is 23.5. The highest BCUT2D eigenvalue weighted by Gasteiger charge is 2.39. The van der Waals surface area contributed by atoms with E-state index in [4.69, 9.17) is 9.47 Å². The number of hydrogen-bond donors (Lipinski definition) is 6. The minimum Gasteiger partial charge on any atom is -0.444 e. The zero-order valence-electron chi connectivity index (χ0n) is 46.5. The summed E-state index contributed by atoms with van der Waals surface area (Å²) in [5.41, 5.74) is 5.50. The monoisotopic (exact) mass is 1050 g/mol. The van der Waals surface area contributed by atoms with Crippen molar-refractivity contribution in [2.45, 2.75) is 130 Å². The molecule has 4 aliphatic rings. The minimum absolute atomic E-state index is 0.171. The van der Waals surface area contributed by atoms with Gasteiger partial charge in [-0.2, -0.15) is 0 Å². The quantitative estimate of drug-likeness (QED) is 0.0925. The first kappa shape index (κ1) is 54.8. The number of imidazole rings is 4. The van der Waals surface area contributed by atoms with Gasteiger partial charge < -0.3 is 40.0 Å². The summed E-state index contributed by atoms with van der Waals surface area (Å²) in [5, 5.41) is 6.99. The molecule has 0 bridgehead atoms. The summed E-state index contributed by atoms with van der Waals surface area (Å²) in [6.45, 7) is 23.3. The number of ether oxygens (including phenoxy) is 2. The van der Waals surface area contributed by atoms with Crippen LogP contribution in [0.2, 0.25) is 0 Å². The van der Waals surface area contributed by atoms with Crippen LogP contribution in [0.15, 0.2) is 73.3 Å². The van der Waals surface area contributed by atoms with Crippen molar-refractivity contribution < 1.29 is 19.1 Å². The standard InChI is InChI=1S/C36H44N6O4.C26H28N6/c1-23-17-29(41(21-23)33(43)45-35(3,4)5)31-37-19-27(39-31)15-13-25-9-11-26(12-10-25)14-16-28-20-38-32(40-28)30-18-24(2)22-42(30)34(44)46-36(6,7)8;1-17-11-23(27-13-17)25-29-15-21(31-25)9-7-19-3-5-20(6-4-19)8-10-22-16-30-26(32-22)24-12-18(2)14-28-24/h9-12,19-20,23-24,29-30H,17-18,21-22H2,1-8H3,(H,37,39)(H,38,40);3-6,15-18,23-24,27-28H,11-14H2,1-2H3,(H,29,31)(H,30,32)/t23-,24-,29-,30-;17-,18-,23-,24-/m00/s1. The predicted octanol–water partition coefficient (Wildman–Crippen LogP) is 9.84. The molecule has 0 unspecified atom stereocenters. The van der Waals surface area contributed by atoms with Gasteiger partial charge in [0, 0.05) is 35.3 Å². The molecular formula is C62H72N12O4. The van der Waals surface area contributed by atoms with Crippen molar-refractivity contribution >= 4 is 12.2 Å². The van der Waals surface area contributed by atoms with Crippen LogP contribution in [0.1, 0.15) is 187 Å². The number of likely N-dealkylation sites (tertiary alicyclic amines) is 2. The molecule has 10 rings (SSSR count). The molecule has 8 heterocycles. The van der Waals surface area contributed by atoms with Crippen molar-refractivity contribution in [3.63, 3.8) is 0 Å². The Morgan fingerprint density at radius 2 is 0.744 bits per heavy atom. The van der Waals surface area contributed by atoms with Gasteiger partial charge in [0.25, 0.3) is 0 Å². The number of aromatic nitrogens is 8. The fourth-order valence-corrected chi connectivity index (χ4v) is 10.0. The van der Waals surface area contributed by atoms with Gasteiger partial charge in [0.1, 0.15) is 57.3 Å². The van der Waals surface area contributed by atoms with Crippen molar-refractivity contribution in [2.24, 2.45) is 23.7 Å². The Morgan fingerprint density at radius 1 is 0.449 bits per heavy atom. The number of H-pyrrole nitrogens is 4. The van der Waals surface area contributed by atoms with Gasteiger partial charge in [-0.3, -0.25) is 9.80 Å². The van der Waals surface area contributed by atoms with Crippen LogP contribution in [0.25, 0.3) is 0 Å². The zero-order chi connectivity index (χ0) is 55.1. The lowest BCUT2D eigenvalue weighted by molar-refractivity contribution is 0.0204. The molecule has 404 valence electrons. The summed E-state index contributed by atoms with van der Waals surface area (Å²) in [4.78, 5) is 60.4. The number of aromatic amines is 4. The second-order valence-electron chi connectivity index (χ2n) is 23.5. The number of rotatable bonds is 4. The van der Waals surface area contributed by atoms with Gasteiger partial charge in [-0.15, -0.1) is 0 Å². The highest BCUT2D eigenvalue weighted by Crippen LogP contribution is 2.36. The van der Waals surface area contributed by atoms with Crippen molar-refractivity contribution in [3.8, 4) is 47.4 Å². The first-order valence-corrected chi connectivity index (χ1v) is 27.2. The van der Waals surface area contributed by atoms with Crippen molar-refractivity contribution in [3.05, 3.63) is 142 Å². The van der Waals surface area contributed by atoms with Crippen molar-refractivity contribution in [2.75, 3.05) is 26.2 Å². The van der Waals surface area contributed by atoms with E-state index in [0.717, 1.165) is 84.1 Å². The number of carbonyl (C=O) groups is 2. The maximum absolute atomic E-state index is 12.8. The third-order valence-electron chi connectivity index (χ3n) is 13.8. The van der Waals surface area contributed by atoms with E-state index in [1.807, 2.05) is 102 Å². The first-order chi connectivity index (χ1) is 37.3. The summed E-state index contributed by atoms with van der Waals surface area (Å²) < 4.78 is 11.2. The van der Waals surface area contributed by atoms with E-state index < -0.39 is 11.2 Å². The van der Waals surface area contributed by atoms with Gasteiger partial charge in [0.2, 0.25) is 0 Å². The van der Waals surface area contributed by atoms with E-state index in [-0.39, 0.29) is 24.3 Å². The van der Waals surface area contributed by atoms with Gasteiger partial charge in [-0.05, 0) is 176 Å². The van der Waals surface area contributed by atoms with Crippen molar-refractivity contribution in [1.29, 1.82) is 0 Å². The first-order valence-electron chi connectivity index (χ1n) is 27.2. The fourth-order valence-electron chi connectivity index (χ4n) is 10.0. The van der Waals surface area contributed by atoms with Gasteiger partial charge in [-0.1, -0.05) is 51.4 Å². The number of carbonyl (C=O) groups excluding carboxylic acids is 2. The Balaban J connectivity index is 0.000000202. The molecule has 2 amide bonds. The van der Waals surface area contributed by atoms with E-state index in [1.54, 1.807) is 22.2 Å². The third kappa shape index (κ3) is 14.7. The molecule has 4 fully saturated rings. The van der Waals surface area contributed by atoms with Crippen LogP contribution in [0, 0.1) is 71.0 Å². The topological polar surface area (TPSA) is 198 Å². The van der Waals surface area contributed by atoms with Crippen LogP contribution >= 0.6 is 0 Å². The molecule has 0 saturated carbocycles. The van der Waals surface area contributed by atoms with Crippen LogP contribution in [0.3, 0.4) is 0 Å². The molecule has 4 aliphatic heterocycles. The van der Waals surface area contributed by atoms with E-state index in [9.17, 15) is 9.59 Å². The number of hydrogen-bond acceptors (Lipinski definition) is 10. The van der Waals surface area contributed by atoms with Crippen LogP contribution in [0.5, 0.6) is 0 Å². The van der Waals surface area contributed by atoms with E-state index in [2.05, 4.69) is 126 Å². The van der Waals surface area contributed by atoms with E-state index in [0.29, 0.717) is 71.9 Å². The average molecular weight is 1050 g/mol. The molecule has 0 spiro atoms. The minimum atomic E-state index is -0.557. The van der Waals surface area contributed by atoms with Crippen LogP contribution in [-0.4, -0.2) is 99.2 Å². The summed E-state index contributed by atoms with van der Waals surface area (Å²) in [5.74, 6) is 30.8. The molecule has 16 heteroatoms. The highest BCUT2D eigenvalue weighted by atomic mass is 16.6. The Labute approximate surface area is 458 Å². The molecule has 0 radical (unpaired) electrons. The van der Waals surface area contributed by atoms with E-state index >= 15 is 0 Å². The Hall–Kier alpha value is -8.02. The highest BCUT2D eigenvalue weighted by molar-refractivity contribution is 5.70. The summed E-state index contributed by atoms with van der Waals surface area (Å²) >= 11 is 0. The molecular weight excluding hydrogens is 977 g/mol. The van der Waals surface area contributed by atoms with Crippen molar-refractivity contribution in [1.82, 2.24) is 60.3 Å². The lowest BCUT2D eigenvalue weighted by Gasteiger charge is -2.27. The number of amides is 2. The number of nitrogens with one attached hydrogen (secondary N) is 6. The van der Waals surface area contributed by atoms with E-state index in [1.165, 1.54) is 0 Å². The predicted molar refractivity (Wildman–Crippen MR) is 299 cm³/mol. The van der Waals surface area contributed by atoms with Gasteiger partial charge in [0.05, 0.1) is 49.0 Å². The van der Waals surface area contributed by atoms with Crippen LogP contribution in [0.4, 0.5) is 9.59 Å². The van der Waals surface area contributed by atoms with Crippen LogP contribution < -0.4 is 10.6 Å². The second kappa shape index (κ2) is 23.7. The molecule has 4 saturated heterocycles. The molecule has 4 aromatic heterocycles. The zero-order valence-corrected chi connectivity index (χ0v) is 46.5.